The summed E-state index contributed by atoms with van der Waals surface area (Å²) >= 11 is 15.7. The topological polar surface area (TPSA) is 0 Å². The van der Waals surface area contributed by atoms with Gasteiger partial charge in [0.15, 0.2) is 0 Å². The van der Waals surface area contributed by atoms with Gasteiger partial charge >= 0.3 is 0 Å². The van der Waals surface area contributed by atoms with Gasteiger partial charge in [0.25, 0.3) is 0 Å². The van der Waals surface area contributed by atoms with E-state index in [1.165, 1.54) is 0 Å². The molecule has 0 atom stereocenters. The largest absolute Gasteiger partial charge is 0.127 e. The molecule has 0 radical (unpaired) electrons. The number of rotatable bonds is 2. The molecule has 0 nitrogen and oxygen atoms in total. The third-order valence-electron chi connectivity index (χ3n) is 0.327. The van der Waals surface area contributed by atoms with Gasteiger partial charge in [0, 0.05) is 5.88 Å². The molecular formula is C3H5Cl3. The highest BCUT2D eigenvalue weighted by atomic mass is 35.5. The van der Waals surface area contributed by atoms with Crippen molar-refractivity contribution in [3.05, 3.63) is 0 Å². The average Bonchev–Trinajstić information content (AvgIpc) is 1.35. The molecule has 0 aliphatic heterocycles. The third kappa shape index (κ3) is 4.87. The van der Waals surface area contributed by atoms with Gasteiger partial charge in [-0.05, 0) is 6.42 Å². The van der Waals surface area contributed by atoms with Crippen molar-refractivity contribution in [1.29, 1.82) is 0 Å². The fourth-order valence-corrected chi connectivity index (χ4v) is 0.742. The Labute approximate surface area is 52.4 Å². The number of halogens is 3. The summed E-state index contributed by atoms with van der Waals surface area (Å²) in [6, 6.07) is 0. The van der Waals surface area contributed by atoms with Crippen LogP contribution in [0.3, 0.4) is 0 Å². The molecule has 0 fully saturated rings. The van der Waals surface area contributed by atoms with E-state index in [2.05, 4.69) is 0 Å². The molecule has 0 aliphatic rings. The first-order valence-corrected chi connectivity index (χ1v) is 3.02. The zero-order valence-corrected chi connectivity index (χ0v) is 5.39. The third-order valence-corrected chi connectivity index (χ3v) is 0.982. The fraction of sp³-hybridized carbons (Fsp3) is 1.00. The van der Waals surface area contributed by atoms with Crippen LogP contribution in [0.4, 0.5) is 0 Å². The minimum atomic E-state index is -0.289. The van der Waals surface area contributed by atoms with Crippen LogP contribution in [0.1, 0.15) is 6.42 Å². The Hall–Kier alpha value is 0.870. The summed E-state index contributed by atoms with van der Waals surface area (Å²) in [5, 5.41) is 0. The summed E-state index contributed by atoms with van der Waals surface area (Å²) in [6.45, 7) is 0. The maximum atomic E-state index is 5.26. The van der Waals surface area contributed by atoms with Gasteiger partial charge in [-0.1, -0.05) is 0 Å². The van der Waals surface area contributed by atoms with E-state index in [9.17, 15) is 0 Å². The zero-order chi connectivity index (χ0) is 4.99. The van der Waals surface area contributed by atoms with Crippen LogP contribution in [0, 0.1) is 0 Å². The molecule has 6 heavy (non-hydrogen) atoms. The van der Waals surface area contributed by atoms with Gasteiger partial charge in [-0.25, -0.2) is 0 Å². The molecule has 0 saturated heterocycles. The maximum Gasteiger partial charge on any atom is 0.109 e. The van der Waals surface area contributed by atoms with Gasteiger partial charge in [0.1, 0.15) is 4.84 Å². The second-order valence-electron chi connectivity index (χ2n) is 0.869. The van der Waals surface area contributed by atoms with Crippen molar-refractivity contribution in [1.82, 2.24) is 0 Å². The quantitative estimate of drug-likeness (QED) is 0.526. The first-order valence-electron chi connectivity index (χ1n) is 1.61. The Morgan fingerprint density at radius 1 is 1.33 bits per heavy atom. The minimum Gasteiger partial charge on any atom is -0.127 e. The van der Waals surface area contributed by atoms with Gasteiger partial charge in [-0.15, -0.1) is 34.8 Å². The first-order chi connectivity index (χ1) is 2.77. The van der Waals surface area contributed by atoms with Crippen LogP contribution >= 0.6 is 34.8 Å². The molecule has 0 amide bonds. The van der Waals surface area contributed by atoms with Gasteiger partial charge in [0.05, 0.1) is 0 Å². The molecule has 38 valence electrons. The summed E-state index contributed by atoms with van der Waals surface area (Å²) in [6.07, 6.45) is 0.671. The van der Waals surface area contributed by atoms with Crippen molar-refractivity contribution < 1.29 is 0 Å². The van der Waals surface area contributed by atoms with Crippen LogP contribution in [0.2, 0.25) is 0 Å². The fourth-order valence-electron chi connectivity index (χ4n) is 0.0825. The van der Waals surface area contributed by atoms with Crippen molar-refractivity contribution in [2.45, 2.75) is 11.3 Å². The van der Waals surface area contributed by atoms with E-state index >= 15 is 0 Å². The predicted octanol–water partition coefficient (Wildman–Crippen LogP) is 2.42. The summed E-state index contributed by atoms with van der Waals surface area (Å²) in [5.74, 6) is 0.539. The van der Waals surface area contributed by atoms with E-state index in [1.807, 2.05) is 0 Å². The number of alkyl halides is 3. The molecule has 0 aliphatic carbocycles. The lowest BCUT2D eigenvalue weighted by atomic mass is 10.6. The lowest BCUT2D eigenvalue weighted by Crippen LogP contribution is -1.84. The van der Waals surface area contributed by atoms with Crippen molar-refractivity contribution >= 4 is 34.8 Å². The Morgan fingerprint density at radius 2 is 1.83 bits per heavy atom. The smallest absolute Gasteiger partial charge is 0.109 e. The zero-order valence-electron chi connectivity index (χ0n) is 3.13. The molecule has 0 N–H and O–H groups in total. The second-order valence-corrected chi connectivity index (χ2v) is 2.52. The monoisotopic (exact) mass is 146 g/mol. The molecule has 0 aromatic heterocycles. The molecule has 0 rings (SSSR count). The van der Waals surface area contributed by atoms with E-state index in [-0.39, 0.29) is 4.84 Å². The highest BCUT2D eigenvalue weighted by molar-refractivity contribution is 6.44. The Balaban J connectivity index is 2.63. The first kappa shape index (κ1) is 6.87. The second kappa shape index (κ2) is 4.04. The predicted molar refractivity (Wildman–Crippen MR) is 30.8 cm³/mol. The summed E-state index contributed by atoms with van der Waals surface area (Å²) in [5.41, 5.74) is 0. The summed E-state index contributed by atoms with van der Waals surface area (Å²) in [7, 11) is 0. The lowest BCUT2D eigenvalue weighted by molar-refractivity contribution is 1.05. The van der Waals surface area contributed by atoms with Crippen LogP contribution in [-0.4, -0.2) is 10.7 Å². The van der Waals surface area contributed by atoms with E-state index in [0.29, 0.717) is 12.3 Å². The van der Waals surface area contributed by atoms with Crippen LogP contribution in [0.25, 0.3) is 0 Å². The molecule has 0 aromatic rings. The normalized spacial score (nSPS) is 10.0. The van der Waals surface area contributed by atoms with Crippen LogP contribution in [0.5, 0.6) is 0 Å². The van der Waals surface area contributed by atoms with Crippen LogP contribution in [0.15, 0.2) is 0 Å². The van der Waals surface area contributed by atoms with E-state index < -0.39 is 0 Å². The lowest BCUT2D eigenvalue weighted by Gasteiger charge is -1.89. The van der Waals surface area contributed by atoms with Crippen molar-refractivity contribution in [2.75, 3.05) is 5.88 Å². The van der Waals surface area contributed by atoms with Crippen LogP contribution in [-0.2, 0) is 0 Å². The molecule has 0 bridgehead atoms. The Bertz CT molecular complexity index is 27.2. The highest BCUT2D eigenvalue weighted by Crippen LogP contribution is 2.06. The van der Waals surface area contributed by atoms with E-state index in [1.54, 1.807) is 0 Å². The van der Waals surface area contributed by atoms with Crippen LogP contribution < -0.4 is 0 Å². The molecule has 0 unspecified atom stereocenters. The molecule has 0 aromatic carbocycles. The summed E-state index contributed by atoms with van der Waals surface area (Å²) < 4.78 is 0. The molecule has 0 saturated carbocycles. The molecular weight excluding hydrogens is 142 g/mol. The number of hydrogen-bond acceptors (Lipinski definition) is 0. The van der Waals surface area contributed by atoms with Crippen molar-refractivity contribution in [2.24, 2.45) is 0 Å². The van der Waals surface area contributed by atoms with E-state index in [0.717, 1.165) is 0 Å². The summed E-state index contributed by atoms with van der Waals surface area (Å²) in [4.78, 5) is -0.289. The molecule has 3 heteroatoms. The van der Waals surface area contributed by atoms with Gasteiger partial charge < -0.3 is 0 Å². The highest BCUT2D eigenvalue weighted by Gasteiger charge is 1.92. The molecule has 0 spiro atoms. The maximum absolute atomic E-state index is 5.26. The van der Waals surface area contributed by atoms with Crippen molar-refractivity contribution in [3.63, 3.8) is 0 Å². The van der Waals surface area contributed by atoms with Gasteiger partial charge in [-0.3, -0.25) is 0 Å². The minimum absolute atomic E-state index is 0.289. The Morgan fingerprint density at radius 3 is 1.83 bits per heavy atom. The number of hydrogen-bond donors (Lipinski definition) is 0. The average molecular weight is 147 g/mol. The van der Waals surface area contributed by atoms with E-state index in [4.69, 9.17) is 34.8 Å². The van der Waals surface area contributed by atoms with Crippen molar-refractivity contribution in [3.8, 4) is 0 Å². The van der Waals surface area contributed by atoms with Gasteiger partial charge in [-0.2, -0.15) is 0 Å². The Kier molecular flexibility index (Phi) is 4.63. The van der Waals surface area contributed by atoms with Gasteiger partial charge in [0.2, 0.25) is 0 Å². The SMILES string of the molecule is ClCCC(Cl)Cl. The molecule has 0 heterocycles. The standard InChI is InChI=1S/C3H5Cl3/c4-2-1-3(5)6/h3H,1-2H2.